The largest absolute Gasteiger partial charge is 0.309 e. The van der Waals surface area contributed by atoms with Crippen molar-refractivity contribution in [3.05, 3.63) is 174 Å². The first-order valence-electron chi connectivity index (χ1n) is 18.4. The van der Waals surface area contributed by atoms with Crippen LogP contribution in [0.2, 0.25) is 0 Å². The Morgan fingerprint density at radius 3 is 1.92 bits per heavy atom. The van der Waals surface area contributed by atoms with Crippen molar-refractivity contribution in [2.75, 3.05) is 4.90 Å². The minimum absolute atomic E-state index is 0.158. The fraction of sp³-hybridized carbons (Fsp3) is 0.120. The molecule has 0 unspecified atom stereocenters. The third-order valence-electron chi connectivity index (χ3n) is 12.2. The average molecular weight is 684 g/mol. The molecule has 1 aromatic heterocycles. The van der Waals surface area contributed by atoms with Crippen LogP contribution in [0.15, 0.2) is 152 Å². The summed E-state index contributed by atoms with van der Waals surface area (Å²) in [4.78, 5) is 2.55. The lowest BCUT2D eigenvalue weighted by molar-refractivity contribution is 0.661. The number of thiophene rings is 1. The molecule has 2 aliphatic rings. The molecule has 0 amide bonds. The molecule has 2 aliphatic carbocycles. The van der Waals surface area contributed by atoms with Crippen LogP contribution in [0, 0.1) is 0 Å². The molecule has 11 rings (SSSR count). The van der Waals surface area contributed by atoms with Crippen molar-refractivity contribution in [1.82, 2.24) is 0 Å². The lowest BCUT2D eigenvalue weighted by atomic mass is 9.79. The van der Waals surface area contributed by atoms with Gasteiger partial charge in [-0.3, -0.25) is 0 Å². The van der Waals surface area contributed by atoms with Crippen LogP contribution in [-0.4, -0.2) is 0 Å². The number of fused-ring (bicyclic) bond motifs is 12. The molecule has 0 saturated carbocycles. The molecule has 1 heterocycles. The summed E-state index contributed by atoms with van der Waals surface area (Å²) >= 11 is 1.90. The fourth-order valence-corrected chi connectivity index (χ4v) is 10.8. The number of rotatable bonds is 3. The molecule has 0 bridgehead atoms. The number of hydrogen-bond donors (Lipinski definition) is 0. The quantitative estimate of drug-likeness (QED) is 0.179. The van der Waals surface area contributed by atoms with Crippen molar-refractivity contribution < 1.29 is 0 Å². The van der Waals surface area contributed by atoms with Gasteiger partial charge in [-0.1, -0.05) is 131 Å². The summed E-state index contributed by atoms with van der Waals surface area (Å²) in [6.45, 7) is 9.65. The topological polar surface area (TPSA) is 3.24 Å². The Balaban J connectivity index is 1.19. The van der Waals surface area contributed by atoms with Gasteiger partial charge in [-0.2, -0.15) is 0 Å². The van der Waals surface area contributed by atoms with E-state index < -0.39 is 0 Å². The maximum Gasteiger partial charge on any atom is 0.0621 e. The number of hydrogen-bond acceptors (Lipinski definition) is 2. The van der Waals surface area contributed by atoms with Crippen LogP contribution >= 0.6 is 11.3 Å². The zero-order valence-corrected chi connectivity index (χ0v) is 30.6. The normalized spacial score (nSPS) is 14.8. The van der Waals surface area contributed by atoms with Crippen LogP contribution in [0.25, 0.3) is 64.0 Å². The van der Waals surface area contributed by atoms with Gasteiger partial charge in [0.15, 0.2) is 0 Å². The van der Waals surface area contributed by atoms with Crippen molar-refractivity contribution in [2.45, 2.75) is 38.5 Å². The summed E-state index contributed by atoms with van der Waals surface area (Å²) in [7, 11) is 0. The molecule has 0 saturated heterocycles. The predicted molar refractivity (Wildman–Crippen MR) is 224 cm³/mol. The highest BCUT2D eigenvalue weighted by atomic mass is 32.1. The SMILES string of the molecule is CC1(C)c2cc(N(c3ccccc3)c3c4c(cc5ccccc35)C(C)(C)c3c-4ccc4ccccc34)ccc2-c2cc3sc4ccccc4c3cc21. The third kappa shape index (κ3) is 3.93. The highest BCUT2D eigenvalue weighted by Gasteiger charge is 2.41. The molecule has 0 N–H and O–H groups in total. The first-order valence-corrected chi connectivity index (χ1v) is 19.2. The Hall–Kier alpha value is -5.70. The molecular weight excluding hydrogens is 647 g/mol. The second kappa shape index (κ2) is 10.4. The fourth-order valence-electron chi connectivity index (χ4n) is 9.68. The standard InChI is InChI=1S/C50H37NS/c1-49(2)41-27-33(23-25-36(41)39-29-45-40(28-42(39)49)37-20-12-13-21-44(37)52-45)51(32-16-6-5-7-17-32)48-35-19-11-9-15-31(35)26-43-46(48)38-24-22-30-14-8-10-18-34(30)47(38)50(43,3)4/h5-29H,1-4H3. The van der Waals surface area contributed by atoms with Crippen LogP contribution in [0.4, 0.5) is 17.1 Å². The Morgan fingerprint density at radius 1 is 0.423 bits per heavy atom. The summed E-state index contributed by atoms with van der Waals surface area (Å²) < 4.78 is 2.71. The smallest absolute Gasteiger partial charge is 0.0621 e. The first-order chi connectivity index (χ1) is 25.3. The van der Waals surface area contributed by atoms with Gasteiger partial charge in [0.2, 0.25) is 0 Å². The molecule has 52 heavy (non-hydrogen) atoms. The van der Waals surface area contributed by atoms with Gasteiger partial charge in [-0.05, 0) is 104 Å². The van der Waals surface area contributed by atoms with E-state index in [1.165, 1.54) is 97.6 Å². The summed E-state index contributed by atoms with van der Waals surface area (Å²) in [6.07, 6.45) is 0. The molecule has 1 nitrogen and oxygen atoms in total. The monoisotopic (exact) mass is 683 g/mol. The van der Waals surface area contributed by atoms with Gasteiger partial charge in [-0.25, -0.2) is 0 Å². The van der Waals surface area contributed by atoms with Gasteiger partial charge in [0.25, 0.3) is 0 Å². The summed E-state index contributed by atoms with van der Waals surface area (Å²) in [5.41, 5.74) is 14.2. The second-order valence-electron chi connectivity index (χ2n) is 15.7. The van der Waals surface area contributed by atoms with Crippen molar-refractivity contribution in [2.24, 2.45) is 0 Å². The summed E-state index contributed by atoms with van der Waals surface area (Å²) in [6, 6.07) is 57.1. The minimum Gasteiger partial charge on any atom is -0.309 e. The van der Waals surface area contributed by atoms with Gasteiger partial charge in [-0.15, -0.1) is 11.3 Å². The Bertz CT molecular complexity index is 2960. The van der Waals surface area contributed by atoms with E-state index in [9.17, 15) is 0 Å². The van der Waals surface area contributed by atoms with Crippen LogP contribution in [0.5, 0.6) is 0 Å². The zero-order chi connectivity index (χ0) is 34.9. The average Bonchev–Trinajstić information content (AvgIpc) is 3.73. The molecule has 0 fully saturated rings. The second-order valence-corrected chi connectivity index (χ2v) is 16.8. The Morgan fingerprint density at radius 2 is 1.10 bits per heavy atom. The lowest BCUT2D eigenvalue weighted by Gasteiger charge is -2.31. The van der Waals surface area contributed by atoms with E-state index in [-0.39, 0.29) is 10.8 Å². The van der Waals surface area contributed by atoms with Gasteiger partial charge in [0.05, 0.1) is 5.69 Å². The molecule has 0 atom stereocenters. The maximum atomic E-state index is 2.55. The van der Waals surface area contributed by atoms with Crippen LogP contribution in [0.3, 0.4) is 0 Å². The maximum absolute atomic E-state index is 2.55. The summed E-state index contributed by atoms with van der Waals surface area (Å²) in [5.74, 6) is 0. The molecule has 248 valence electrons. The van der Waals surface area contributed by atoms with E-state index in [2.05, 4.69) is 184 Å². The third-order valence-corrected chi connectivity index (χ3v) is 13.3. The Labute approximate surface area is 308 Å². The highest BCUT2D eigenvalue weighted by Crippen LogP contribution is 2.59. The summed E-state index contributed by atoms with van der Waals surface area (Å²) in [5, 5.41) is 7.88. The molecule has 0 radical (unpaired) electrons. The number of benzene rings is 8. The van der Waals surface area contributed by atoms with Crippen LogP contribution in [0.1, 0.15) is 49.9 Å². The molecule has 9 aromatic rings. The molecular formula is C50H37NS. The van der Waals surface area contributed by atoms with Crippen molar-refractivity contribution in [3.63, 3.8) is 0 Å². The van der Waals surface area contributed by atoms with Crippen LogP contribution < -0.4 is 4.90 Å². The Kier molecular flexibility index (Phi) is 6.02. The van der Waals surface area contributed by atoms with E-state index in [0.717, 1.165) is 5.69 Å². The van der Waals surface area contributed by atoms with Crippen LogP contribution in [-0.2, 0) is 10.8 Å². The first kappa shape index (κ1) is 30.0. The van der Waals surface area contributed by atoms with Gasteiger partial charge in [0.1, 0.15) is 0 Å². The van der Waals surface area contributed by atoms with Crippen molar-refractivity contribution in [3.8, 4) is 22.3 Å². The molecule has 8 aromatic carbocycles. The zero-order valence-electron chi connectivity index (χ0n) is 29.8. The van der Waals surface area contributed by atoms with Gasteiger partial charge < -0.3 is 4.90 Å². The van der Waals surface area contributed by atoms with Gasteiger partial charge >= 0.3 is 0 Å². The lowest BCUT2D eigenvalue weighted by Crippen LogP contribution is -2.18. The van der Waals surface area contributed by atoms with E-state index in [4.69, 9.17) is 0 Å². The molecule has 2 heteroatoms. The number of para-hydroxylation sites is 1. The van der Waals surface area contributed by atoms with E-state index >= 15 is 0 Å². The number of nitrogens with zero attached hydrogens (tertiary/aromatic N) is 1. The van der Waals surface area contributed by atoms with Crippen molar-refractivity contribution >= 4 is 70.1 Å². The predicted octanol–water partition coefficient (Wildman–Crippen LogP) is 14.4. The number of anilines is 3. The van der Waals surface area contributed by atoms with E-state index in [0.29, 0.717) is 0 Å². The van der Waals surface area contributed by atoms with E-state index in [1.807, 2.05) is 11.3 Å². The molecule has 0 spiro atoms. The van der Waals surface area contributed by atoms with E-state index in [1.54, 1.807) is 0 Å². The minimum atomic E-state index is -0.175. The molecule has 0 aliphatic heterocycles. The highest BCUT2D eigenvalue weighted by molar-refractivity contribution is 7.25. The van der Waals surface area contributed by atoms with Crippen molar-refractivity contribution in [1.29, 1.82) is 0 Å². The van der Waals surface area contributed by atoms with Gasteiger partial charge in [0, 0.05) is 53.3 Å².